The van der Waals surface area contributed by atoms with Gasteiger partial charge in [-0.05, 0) is 79.7 Å². The Hall–Kier alpha value is -4.90. The number of carbonyl (C=O) groups is 1. The molecule has 10 nitrogen and oxygen atoms in total. The lowest BCUT2D eigenvalue weighted by molar-refractivity contribution is 0.176. The minimum Gasteiger partial charge on any atom is -0.496 e. The number of hydrazone groups is 1. The summed E-state index contributed by atoms with van der Waals surface area (Å²) in [5.74, 6) is 2.40. The highest BCUT2D eigenvalue weighted by Gasteiger charge is 2.17. The molecule has 1 saturated heterocycles. The minimum absolute atomic E-state index is 0.0536. The number of methoxy groups -OCH3 is 2. The lowest BCUT2D eigenvalue weighted by atomic mass is 9.99. The zero-order valence-corrected chi connectivity index (χ0v) is 25.7. The molecule has 0 saturated carbocycles. The maximum absolute atomic E-state index is 15.4. The molecule has 2 amide bonds. The van der Waals surface area contributed by atoms with Gasteiger partial charge in [-0.1, -0.05) is 25.1 Å². The van der Waals surface area contributed by atoms with Crippen molar-refractivity contribution in [1.82, 2.24) is 15.3 Å². The lowest BCUT2D eigenvalue weighted by Crippen LogP contribution is -2.34. The molecular weight excluding hydrogens is 577 g/mol. The fourth-order valence-electron chi connectivity index (χ4n) is 5.31. The van der Waals surface area contributed by atoms with Crippen molar-refractivity contribution in [1.29, 1.82) is 0 Å². The second-order valence-electron chi connectivity index (χ2n) is 11.0. The molecular formula is C34H38FN5O5. The number of nitrogens with one attached hydrogen (secondary N) is 1. The topological polar surface area (TPSA) is 121 Å². The zero-order chi connectivity index (χ0) is 31.8. The molecule has 2 heterocycles. The number of amides is 2. The summed E-state index contributed by atoms with van der Waals surface area (Å²) in [6, 6.07) is 14.5. The molecule has 0 unspecified atom stereocenters. The van der Waals surface area contributed by atoms with Crippen LogP contribution in [0.3, 0.4) is 0 Å². The molecule has 0 radical (unpaired) electrons. The number of pyridine rings is 1. The Bertz CT molecular complexity index is 1670. The van der Waals surface area contributed by atoms with E-state index in [1.807, 2.05) is 6.07 Å². The van der Waals surface area contributed by atoms with E-state index in [4.69, 9.17) is 24.7 Å². The summed E-state index contributed by atoms with van der Waals surface area (Å²) in [4.78, 5) is 17.8. The summed E-state index contributed by atoms with van der Waals surface area (Å²) in [6.07, 6.45) is 6.46. The van der Waals surface area contributed by atoms with Gasteiger partial charge >= 0.3 is 6.03 Å². The molecule has 0 bridgehead atoms. The Kier molecular flexibility index (Phi) is 10.3. The Morgan fingerprint density at radius 3 is 2.56 bits per heavy atom. The van der Waals surface area contributed by atoms with Crippen molar-refractivity contribution in [3.63, 3.8) is 0 Å². The number of likely N-dealkylation sites (tertiary alicyclic amines) is 1. The van der Waals surface area contributed by atoms with Crippen molar-refractivity contribution in [2.24, 2.45) is 16.8 Å². The first-order chi connectivity index (χ1) is 21.8. The predicted molar refractivity (Wildman–Crippen MR) is 172 cm³/mol. The van der Waals surface area contributed by atoms with Gasteiger partial charge in [-0.2, -0.15) is 5.10 Å². The fourth-order valence-corrected chi connectivity index (χ4v) is 5.31. The molecule has 1 fully saturated rings. The van der Waals surface area contributed by atoms with Crippen LogP contribution in [0.5, 0.6) is 28.7 Å². The average Bonchev–Trinajstić information content (AvgIpc) is 3.04. The van der Waals surface area contributed by atoms with Crippen molar-refractivity contribution < 1.29 is 28.1 Å². The molecule has 45 heavy (non-hydrogen) atoms. The lowest BCUT2D eigenvalue weighted by Gasteiger charge is -2.30. The van der Waals surface area contributed by atoms with Crippen LogP contribution >= 0.6 is 0 Å². The Morgan fingerprint density at radius 2 is 1.82 bits per heavy atom. The molecule has 4 aromatic rings. The van der Waals surface area contributed by atoms with Gasteiger partial charge in [0, 0.05) is 29.8 Å². The number of fused-ring (bicyclic) bond motifs is 1. The van der Waals surface area contributed by atoms with Crippen LogP contribution in [-0.4, -0.2) is 62.6 Å². The Labute approximate surface area is 261 Å². The Morgan fingerprint density at radius 1 is 1.02 bits per heavy atom. The summed E-state index contributed by atoms with van der Waals surface area (Å²) in [7, 11) is 3.11. The van der Waals surface area contributed by atoms with Gasteiger partial charge in [-0.25, -0.2) is 14.6 Å². The maximum atomic E-state index is 15.4. The van der Waals surface area contributed by atoms with Crippen LogP contribution in [0.15, 0.2) is 65.9 Å². The van der Waals surface area contributed by atoms with Crippen LogP contribution in [0, 0.1) is 11.7 Å². The van der Waals surface area contributed by atoms with E-state index in [0.29, 0.717) is 57.2 Å². The normalized spacial score (nSPS) is 14.0. The SMILES string of the molecule is COc1cc2c(Oc3ccc(-c4ccc(C=NNC(N)=O)cc4OC)cc3F)ccnc2cc1OCCCN1CCC(C)CC1. The van der Waals surface area contributed by atoms with Gasteiger partial charge in [0.2, 0.25) is 0 Å². The van der Waals surface area contributed by atoms with Crippen molar-refractivity contribution in [2.45, 2.75) is 26.2 Å². The number of rotatable bonds is 12. The molecule has 1 aliphatic rings. The molecule has 11 heteroatoms. The number of benzene rings is 3. The molecule has 0 spiro atoms. The van der Waals surface area contributed by atoms with E-state index in [1.54, 1.807) is 55.8 Å². The summed E-state index contributed by atoms with van der Waals surface area (Å²) < 4.78 is 38.7. The number of nitrogens with two attached hydrogens (primary N) is 1. The van der Waals surface area contributed by atoms with Gasteiger partial charge in [0.25, 0.3) is 0 Å². The number of carbonyl (C=O) groups excluding carboxylic acids is 1. The first-order valence-corrected chi connectivity index (χ1v) is 14.9. The van der Waals surface area contributed by atoms with Crippen molar-refractivity contribution >= 4 is 23.1 Å². The van der Waals surface area contributed by atoms with Crippen LogP contribution in [0.4, 0.5) is 9.18 Å². The highest BCUT2D eigenvalue weighted by atomic mass is 19.1. The number of ether oxygens (including phenoxy) is 4. The number of piperidine rings is 1. The van der Waals surface area contributed by atoms with Gasteiger partial charge in [-0.15, -0.1) is 0 Å². The summed E-state index contributed by atoms with van der Waals surface area (Å²) in [6.45, 7) is 6.18. The number of nitrogens with zero attached hydrogens (tertiary/aromatic N) is 3. The molecule has 0 atom stereocenters. The van der Waals surface area contributed by atoms with E-state index in [2.05, 4.69) is 27.3 Å². The summed E-state index contributed by atoms with van der Waals surface area (Å²) >= 11 is 0. The molecule has 1 aromatic heterocycles. The van der Waals surface area contributed by atoms with Crippen LogP contribution in [0.1, 0.15) is 31.7 Å². The van der Waals surface area contributed by atoms with Crippen LogP contribution < -0.4 is 30.1 Å². The van der Waals surface area contributed by atoms with Crippen LogP contribution in [-0.2, 0) is 0 Å². The van der Waals surface area contributed by atoms with Crippen LogP contribution in [0.25, 0.3) is 22.0 Å². The van der Waals surface area contributed by atoms with E-state index < -0.39 is 11.8 Å². The molecule has 0 aliphatic carbocycles. The van der Waals surface area contributed by atoms with E-state index >= 15 is 4.39 Å². The van der Waals surface area contributed by atoms with E-state index in [9.17, 15) is 4.79 Å². The van der Waals surface area contributed by atoms with Gasteiger partial charge < -0.3 is 29.6 Å². The monoisotopic (exact) mass is 615 g/mol. The molecule has 1 aliphatic heterocycles. The van der Waals surface area contributed by atoms with Gasteiger partial charge in [-0.3, -0.25) is 4.98 Å². The molecule has 236 valence electrons. The van der Waals surface area contributed by atoms with Gasteiger partial charge in [0.1, 0.15) is 11.5 Å². The zero-order valence-electron chi connectivity index (χ0n) is 25.7. The quantitative estimate of drug-likeness (QED) is 0.108. The Balaban J connectivity index is 1.30. The number of primary amides is 1. The van der Waals surface area contributed by atoms with E-state index in [0.717, 1.165) is 32.0 Å². The number of hydrogen-bond acceptors (Lipinski definition) is 8. The van der Waals surface area contributed by atoms with E-state index in [-0.39, 0.29) is 5.75 Å². The first kappa shape index (κ1) is 31.5. The third-order valence-corrected chi connectivity index (χ3v) is 7.82. The van der Waals surface area contributed by atoms with E-state index in [1.165, 1.54) is 32.2 Å². The first-order valence-electron chi connectivity index (χ1n) is 14.9. The molecule has 3 aromatic carbocycles. The third-order valence-electron chi connectivity index (χ3n) is 7.82. The van der Waals surface area contributed by atoms with Gasteiger partial charge in [0.05, 0.1) is 32.6 Å². The van der Waals surface area contributed by atoms with Crippen molar-refractivity contribution in [3.8, 4) is 39.9 Å². The van der Waals surface area contributed by atoms with Crippen molar-refractivity contribution in [2.75, 3.05) is 40.5 Å². The molecule has 5 rings (SSSR count). The maximum Gasteiger partial charge on any atom is 0.332 e. The fraction of sp³-hybridized carbons (Fsp3) is 0.324. The van der Waals surface area contributed by atoms with Gasteiger partial charge in [0.15, 0.2) is 23.1 Å². The number of hydrogen-bond donors (Lipinski definition) is 2. The highest BCUT2D eigenvalue weighted by molar-refractivity contribution is 5.88. The third kappa shape index (κ3) is 7.98. The number of aromatic nitrogens is 1. The predicted octanol–water partition coefficient (Wildman–Crippen LogP) is 6.35. The number of urea groups is 1. The summed E-state index contributed by atoms with van der Waals surface area (Å²) in [5.41, 5.74) is 9.73. The van der Waals surface area contributed by atoms with Crippen molar-refractivity contribution in [3.05, 3.63) is 72.2 Å². The standard InChI is InChI=1S/C34H38FN5O5/c1-22-10-14-40(15-11-22)13-4-16-44-33-20-28-26(19-32(33)43-3)29(9-12-37-28)45-30-8-6-24(18-27(30)35)25-7-5-23(17-31(25)42-2)21-38-39-34(36)41/h5-9,12,17-22H,4,10-11,13-16H2,1-3H3,(H3,36,39,41). The second kappa shape index (κ2) is 14.7. The minimum atomic E-state index is -0.770. The highest BCUT2D eigenvalue weighted by Crippen LogP contribution is 2.39. The molecule has 3 N–H and O–H groups in total. The smallest absolute Gasteiger partial charge is 0.332 e. The average molecular weight is 616 g/mol. The summed E-state index contributed by atoms with van der Waals surface area (Å²) in [5, 5.41) is 4.42. The number of halogens is 1. The van der Waals surface area contributed by atoms with Crippen LogP contribution in [0.2, 0.25) is 0 Å². The largest absolute Gasteiger partial charge is 0.496 e. The second-order valence-corrected chi connectivity index (χ2v) is 11.0.